The number of benzene rings is 1. The predicted molar refractivity (Wildman–Crippen MR) is 84.2 cm³/mol. The molecule has 1 aromatic rings. The molecule has 6 heteroatoms. The van der Waals surface area contributed by atoms with Gasteiger partial charge in [0.1, 0.15) is 0 Å². The minimum Gasteiger partial charge on any atom is -0.493 e. The Morgan fingerprint density at radius 2 is 2.10 bits per heavy atom. The summed E-state index contributed by atoms with van der Waals surface area (Å²) in [6.45, 7) is 3.56. The summed E-state index contributed by atoms with van der Waals surface area (Å²) < 4.78 is 11.0. The van der Waals surface area contributed by atoms with Gasteiger partial charge in [-0.2, -0.15) is 0 Å². The maximum atomic E-state index is 11.7. The van der Waals surface area contributed by atoms with Gasteiger partial charge in [-0.25, -0.2) is 0 Å². The van der Waals surface area contributed by atoms with Gasteiger partial charge >= 0.3 is 0 Å². The van der Waals surface area contributed by atoms with Crippen LogP contribution in [-0.2, 0) is 11.3 Å². The monoisotopic (exact) mass is 314 g/mol. The standard InChI is InChI=1S/C15H23ClN2O3/c1-5-6-17-9-11-7-12(16)8-13(20-4)15(11)21-10-14(19)18(2)3/h7-8,17H,5-6,9-10H2,1-4H3. The molecule has 0 aliphatic rings. The summed E-state index contributed by atoms with van der Waals surface area (Å²) >= 11 is 6.09. The first-order valence-corrected chi connectivity index (χ1v) is 7.27. The second kappa shape index (κ2) is 8.74. The number of carbonyl (C=O) groups is 1. The van der Waals surface area contributed by atoms with Crippen LogP contribution in [0.3, 0.4) is 0 Å². The van der Waals surface area contributed by atoms with Crippen molar-refractivity contribution in [3.8, 4) is 11.5 Å². The Bertz CT molecular complexity index is 478. The fourth-order valence-electron chi connectivity index (χ4n) is 1.73. The Morgan fingerprint density at radius 3 is 2.67 bits per heavy atom. The summed E-state index contributed by atoms with van der Waals surface area (Å²) in [5.41, 5.74) is 0.874. The zero-order valence-electron chi connectivity index (χ0n) is 13.0. The van der Waals surface area contributed by atoms with E-state index in [1.807, 2.05) is 6.07 Å². The molecule has 1 N–H and O–H groups in total. The number of methoxy groups -OCH3 is 1. The number of hydrogen-bond donors (Lipinski definition) is 1. The largest absolute Gasteiger partial charge is 0.493 e. The van der Waals surface area contributed by atoms with Crippen molar-refractivity contribution in [3.05, 3.63) is 22.7 Å². The van der Waals surface area contributed by atoms with Crippen molar-refractivity contribution in [3.63, 3.8) is 0 Å². The van der Waals surface area contributed by atoms with Crippen molar-refractivity contribution >= 4 is 17.5 Å². The molecule has 1 aromatic carbocycles. The number of ether oxygens (including phenoxy) is 2. The van der Waals surface area contributed by atoms with Crippen LogP contribution in [0.5, 0.6) is 11.5 Å². The molecule has 0 saturated heterocycles. The number of likely N-dealkylation sites (N-methyl/N-ethyl adjacent to an activating group) is 1. The van der Waals surface area contributed by atoms with Gasteiger partial charge in [-0.1, -0.05) is 18.5 Å². The molecular weight excluding hydrogens is 292 g/mol. The third-order valence-electron chi connectivity index (χ3n) is 2.90. The van der Waals surface area contributed by atoms with Gasteiger partial charge < -0.3 is 19.7 Å². The van der Waals surface area contributed by atoms with Crippen molar-refractivity contribution in [2.75, 3.05) is 34.4 Å². The van der Waals surface area contributed by atoms with Crippen LogP contribution in [0.1, 0.15) is 18.9 Å². The van der Waals surface area contributed by atoms with Crippen LogP contribution in [0.25, 0.3) is 0 Å². The lowest BCUT2D eigenvalue weighted by Gasteiger charge is -2.17. The molecular formula is C15H23ClN2O3. The molecule has 5 nitrogen and oxygen atoms in total. The molecule has 1 rings (SSSR count). The second-order valence-electron chi connectivity index (χ2n) is 4.85. The quantitative estimate of drug-likeness (QED) is 0.748. The van der Waals surface area contributed by atoms with Gasteiger partial charge in [0, 0.05) is 37.3 Å². The van der Waals surface area contributed by atoms with Crippen LogP contribution in [0.4, 0.5) is 0 Å². The molecule has 0 saturated carbocycles. The topological polar surface area (TPSA) is 50.8 Å². The van der Waals surface area contributed by atoms with Crippen LogP contribution in [0.2, 0.25) is 5.02 Å². The number of halogens is 1. The van der Waals surface area contributed by atoms with E-state index in [2.05, 4.69) is 12.2 Å². The Kier molecular flexibility index (Phi) is 7.32. The number of carbonyl (C=O) groups excluding carboxylic acids is 1. The Morgan fingerprint density at radius 1 is 1.38 bits per heavy atom. The van der Waals surface area contributed by atoms with E-state index in [0.29, 0.717) is 23.1 Å². The van der Waals surface area contributed by atoms with Crippen molar-refractivity contribution in [1.82, 2.24) is 10.2 Å². The van der Waals surface area contributed by atoms with Gasteiger partial charge in [0.05, 0.1) is 7.11 Å². The van der Waals surface area contributed by atoms with Crippen molar-refractivity contribution in [1.29, 1.82) is 0 Å². The summed E-state index contributed by atoms with van der Waals surface area (Å²) in [6.07, 6.45) is 1.03. The molecule has 0 heterocycles. The normalized spacial score (nSPS) is 10.3. The Labute approximate surface area is 131 Å². The van der Waals surface area contributed by atoms with Crippen LogP contribution in [0, 0.1) is 0 Å². The lowest BCUT2D eigenvalue weighted by Crippen LogP contribution is -2.28. The van der Waals surface area contributed by atoms with Crippen LogP contribution >= 0.6 is 11.6 Å². The highest BCUT2D eigenvalue weighted by Gasteiger charge is 2.15. The highest BCUT2D eigenvalue weighted by Crippen LogP contribution is 2.34. The molecule has 0 aliphatic carbocycles. The molecule has 0 bridgehead atoms. The molecule has 0 spiro atoms. The van der Waals surface area contributed by atoms with Gasteiger partial charge in [-0.3, -0.25) is 4.79 Å². The first-order valence-electron chi connectivity index (χ1n) is 6.89. The predicted octanol–water partition coefficient (Wildman–Crippen LogP) is 2.32. The van der Waals surface area contributed by atoms with Gasteiger partial charge in [0.2, 0.25) is 0 Å². The first kappa shape index (κ1) is 17.6. The summed E-state index contributed by atoms with van der Waals surface area (Å²) in [4.78, 5) is 13.2. The lowest BCUT2D eigenvalue weighted by molar-refractivity contribution is -0.130. The van der Waals surface area contributed by atoms with Gasteiger partial charge in [0.15, 0.2) is 18.1 Å². The van der Waals surface area contributed by atoms with Gasteiger partial charge in [0.25, 0.3) is 5.91 Å². The smallest absolute Gasteiger partial charge is 0.259 e. The summed E-state index contributed by atoms with van der Waals surface area (Å²) in [5, 5.41) is 3.87. The molecule has 0 aliphatic heterocycles. The lowest BCUT2D eigenvalue weighted by atomic mass is 10.1. The first-order chi connectivity index (χ1) is 9.99. The molecule has 0 unspecified atom stereocenters. The zero-order chi connectivity index (χ0) is 15.8. The van der Waals surface area contributed by atoms with Crippen molar-refractivity contribution in [2.24, 2.45) is 0 Å². The van der Waals surface area contributed by atoms with E-state index in [1.54, 1.807) is 27.3 Å². The molecule has 0 radical (unpaired) electrons. The summed E-state index contributed by atoms with van der Waals surface area (Å²) in [7, 11) is 4.93. The van der Waals surface area contributed by atoms with E-state index < -0.39 is 0 Å². The van der Waals surface area contributed by atoms with Crippen LogP contribution in [-0.4, -0.2) is 45.2 Å². The SMILES string of the molecule is CCCNCc1cc(Cl)cc(OC)c1OCC(=O)N(C)C. The number of hydrogen-bond acceptors (Lipinski definition) is 4. The van der Waals surface area contributed by atoms with Gasteiger partial charge in [-0.15, -0.1) is 0 Å². The summed E-state index contributed by atoms with van der Waals surface area (Å²) in [5.74, 6) is 0.975. The molecule has 21 heavy (non-hydrogen) atoms. The van der Waals surface area contributed by atoms with Gasteiger partial charge in [-0.05, 0) is 19.0 Å². The molecule has 118 valence electrons. The zero-order valence-corrected chi connectivity index (χ0v) is 13.8. The number of nitrogens with zero attached hydrogens (tertiary/aromatic N) is 1. The molecule has 0 aromatic heterocycles. The highest BCUT2D eigenvalue weighted by molar-refractivity contribution is 6.30. The maximum absolute atomic E-state index is 11.7. The number of rotatable bonds is 8. The Balaban J connectivity index is 2.93. The fourth-order valence-corrected chi connectivity index (χ4v) is 1.96. The second-order valence-corrected chi connectivity index (χ2v) is 5.29. The van der Waals surface area contributed by atoms with Crippen molar-refractivity contribution < 1.29 is 14.3 Å². The number of nitrogens with one attached hydrogen (secondary N) is 1. The van der Waals surface area contributed by atoms with E-state index in [0.717, 1.165) is 18.5 Å². The van der Waals surface area contributed by atoms with Crippen molar-refractivity contribution in [2.45, 2.75) is 19.9 Å². The number of amides is 1. The van der Waals surface area contributed by atoms with Crippen LogP contribution < -0.4 is 14.8 Å². The third kappa shape index (κ3) is 5.44. The minimum absolute atomic E-state index is 0.0359. The average Bonchev–Trinajstić information content (AvgIpc) is 2.45. The average molecular weight is 315 g/mol. The molecule has 0 atom stereocenters. The fraction of sp³-hybridized carbons (Fsp3) is 0.533. The minimum atomic E-state index is -0.112. The molecule has 1 amide bonds. The maximum Gasteiger partial charge on any atom is 0.259 e. The van der Waals surface area contributed by atoms with E-state index >= 15 is 0 Å². The van der Waals surface area contributed by atoms with E-state index in [1.165, 1.54) is 4.90 Å². The third-order valence-corrected chi connectivity index (χ3v) is 3.12. The molecule has 0 fully saturated rings. The van der Waals surface area contributed by atoms with E-state index in [4.69, 9.17) is 21.1 Å². The summed E-state index contributed by atoms with van der Waals surface area (Å²) in [6, 6.07) is 3.50. The van der Waals surface area contributed by atoms with Crippen LogP contribution in [0.15, 0.2) is 12.1 Å². The van der Waals surface area contributed by atoms with E-state index in [-0.39, 0.29) is 12.5 Å². The highest BCUT2D eigenvalue weighted by atomic mass is 35.5. The Hall–Kier alpha value is -1.46. The van der Waals surface area contributed by atoms with E-state index in [9.17, 15) is 4.79 Å².